The zero-order valence-electron chi connectivity index (χ0n) is 24.0. The van der Waals surface area contributed by atoms with E-state index in [4.69, 9.17) is 36.0 Å². The summed E-state index contributed by atoms with van der Waals surface area (Å²) < 4.78 is 44.6. The number of hydrogen-bond donors (Lipinski definition) is 0. The van der Waals surface area contributed by atoms with Crippen molar-refractivity contribution in [2.45, 2.75) is 50.6 Å². The van der Waals surface area contributed by atoms with Gasteiger partial charge in [-0.05, 0) is 61.1 Å². The van der Waals surface area contributed by atoms with E-state index < -0.39 is 17.6 Å². The van der Waals surface area contributed by atoms with Gasteiger partial charge in [0.25, 0.3) is 0 Å². The topological polar surface area (TPSA) is 73.8 Å². The van der Waals surface area contributed by atoms with Crippen LogP contribution in [0.4, 0.5) is 0 Å². The molecule has 2 rings (SSSR count). The van der Waals surface area contributed by atoms with E-state index in [2.05, 4.69) is 24.3 Å². The lowest BCUT2D eigenvalue weighted by Crippen LogP contribution is -2.42. The van der Waals surface area contributed by atoms with E-state index in [-0.39, 0.29) is 0 Å². The van der Waals surface area contributed by atoms with Gasteiger partial charge in [-0.1, -0.05) is 37.1 Å². The van der Waals surface area contributed by atoms with Crippen LogP contribution in [-0.2, 0) is 26.6 Å². The predicted molar refractivity (Wildman–Crippen MR) is 154 cm³/mol. The maximum atomic E-state index is 5.92. The fraction of sp³-hybridized carbons (Fsp3) is 0.571. The molecule has 0 unspecified atom stereocenters. The van der Waals surface area contributed by atoms with Crippen LogP contribution in [-0.4, -0.2) is 73.5 Å². The van der Waals surface area contributed by atoms with E-state index >= 15 is 0 Å². The van der Waals surface area contributed by atoms with Crippen LogP contribution >= 0.6 is 0 Å². The molecular weight excluding hydrogens is 520 g/mol. The Hall–Kier alpha value is -1.77. The van der Waals surface area contributed by atoms with Crippen molar-refractivity contribution >= 4 is 17.6 Å². The maximum Gasteiger partial charge on any atom is 0.500 e. The van der Waals surface area contributed by atoms with Gasteiger partial charge in [0.05, 0.1) is 13.2 Å². The van der Waals surface area contributed by atoms with E-state index in [0.29, 0.717) is 13.2 Å². The third-order valence-corrected chi connectivity index (χ3v) is 12.4. The molecular formula is C28H46O8Si2. The van der Waals surface area contributed by atoms with E-state index in [0.717, 1.165) is 73.2 Å². The second kappa shape index (κ2) is 17.7. The largest absolute Gasteiger partial charge is 0.500 e. The van der Waals surface area contributed by atoms with E-state index in [1.165, 1.54) is 0 Å². The number of hydrogen-bond acceptors (Lipinski definition) is 8. The van der Waals surface area contributed by atoms with Crippen LogP contribution in [0.15, 0.2) is 48.5 Å². The molecule has 0 fully saturated rings. The van der Waals surface area contributed by atoms with Crippen LogP contribution in [0, 0.1) is 0 Å². The monoisotopic (exact) mass is 566 g/mol. The summed E-state index contributed by atoms with van der Waals surface area (Å²) in [5, 5.41) is 0. The predicted octanol–water partition coefficient (Wildman–Crippen LogP) is 6.21. The molecule has 0 saturated heterocycles. The van der Waals surface area contributed by atoms with Gasteiger partial charge in [-0.25, -0.2) is 0 Å². The summed E-state index contributed by atoms with van der Waals surface area (Å²) in [5.74, 6) is 1.76. The van der Waals surface area contributed by atoms with Crippen LogP contribution in [0.25, 0.3) is 11.1 Å². The molecule has 0 spiro atoms. The third kappa shape index (κ3) is 10.4. The van der Waals surface area contributed by atoms with Crippen molar-refractivity contribution in [3.05, 3.63) is 48.5 Å². The number of ether oxygens (including phenoxy) is 2. The molecule has 38 heavy (non-hydrogen) atoms. The molecule has 10 heteroatoms. The summed E-state index contributed by atoms with van der Waals surface area (Å²) in [6.45, 7) is 1.36. The Morgan fingerprint density at radius 1 is 0.421 bits per heavy atom. The fourth-order valence-electron chi connectivity index (χ4n) is 4.22. The lowest BCUT2D eigenvalue weighted by Gasteiger charge is -2.24. The highest BCUT2D eigenvalue weighted by Gasteiger charge is 2.37. The van der Waals surface area contributed by atoms with Crippen molar-refractivity contribution in [3.63, 3.8) is 0 Å². The molecule has 0 aromatic heterocycles. The van der Waals surface area contributed by atoms with Crippen LogP contribution in [0.3, 0.4) is 0 Å². The van der Waals surface area contributed by atoms with E-state index in [9.17, 15) is 0 Å². The van der Waals surface area contributed by atoms with Gasteiger partial charge in [0, 0.05) is 54.7 Å². The smallest absolute Gasteiger partial charge is 0.494 e. The summed E-state index contributed by atoms with van der Waals surface area (Å²) in [7, 11) is 4.98. The summed E-state index contributed by atoms with van der Waals surface area (Å²) in [6.07, 6.45) is 6.00. The average molecular weight is 567 g/mol. The quantitative estimate of drug-likeness (QED) is 0.130. The van der Waals surface area contributed by atoms with E-state index in [1.807, 2.05) is 24.3 Å². The highest BCUT2D eigenvalue weighted by atomic mass is 28.4. The number of benzene rings is 2. The lowest BCUT2D eigenvalue weighted by atomic mass is 10.1. The SMILES string of the molecule is CO[Si](CCCCCOc1ccc(-c2ccc(OCCCCC[Si](OC)(OC)OC)cc2)cc1)(OC)OC. The molecule has 0 aliphatic carbocycles. The molecule has 0 aliphatic heterocycles. The molecule has 0 atom stereocenters. The molecule has 0 bridgehead atoms. The minimum absolute atomic E-state index is 0.681. The Kier molecular flexibility index (Phi) is 15.2. The van der Waals surface area contributed by atoms with Gasteiger partial charge < -0.3 is 36.0 Å². The molecule has 0 amide bonds. The Morgan fingerprint density at radius 3 is 1.03 bits per heavy atom. The van der Waals surface area contributed by atoms with Crippen molar-refractivity contribution in [1.82, 2.24) is 0 Å². The summed E-state index contributed by atoms with van der Waals surface area (Å²) in [6, 6.07) is 18.1. The summed E-state index contributed by atoms with van der Waals surface area (Å²) >= 11 is 0. The maximum absolute atomic E-state index is 5.92. The fourth-order valence-corrected chi connectivity index (χ4v) is 7.81. The first-order chi connectivity index (χ1) is 18.5. The van der Waals surface area contributed by atoms with Gasteiger partial charge in [-0.3, -0.25) is 0 Å². The minimum Gasteiger partial charge on any atom is -0.494 e. The molecule has 0 saturated carbocycles. The zero-order chi connectivity index (χ0) is 27.7. The molecule has 2 aromatic carbocycles. The van der Waals surface area contributed by atoms with Gasteiger partial charge in [-0.2, -0.15) is 0 Å². The first-order valence-electron chi connectivity index (χ1n) is 13.3. The second-order valence-electron chi connectivity index (χ2n) is 8.96. The highest BCUT2D eigenvalue weighted by Crippen LogP contribution is 2.25. The standard InChI is InChI=1S/C28H46O8Si2/c1-29-37(30-2,31-3)23-11-7-9-21-35-27-17-13-25(14-18-27)26-15-19-28(20-16-26)36-22-10-8-12-24-38(32-4,33-5)34-6/h13-20H,7-12,21-24H2,1-6H3. The molecule has 2 aromatic rings. The average Bonchev–Trinajstić information content (AvgIpc) is 2.98. The summed E-state index contributed by atoms with van der Waals surface area (Å²) in [4.78, 5) is 0. The molecule has 0 heterocycles. The van der Waals surface area contributed by atoms with Crippen molar-refractivity contribution in [2.24, 2.45) is 0 Å². The van der Waals surface area contributed by atoms with Gasteiger partial charge in [-0.15, -0.1) is 0 Å². The first-order valence-corrected chi connectivity index (χ1v) is 17.1. The van der Waals surface area contributed by atoms with Gasteiger partial charge >= 0.3 is 17.6 Å². The Bertz CT molecular complexity index is 781. The van der Waals surface area contributed by atoms with Gasteiger partial charge in [0.2, 0.25) is 0 Å². The van der Waals surface area contributed by atoms with Crippen LogP contribution in [0.2, 0.25) is 12.1 Å². The number of unbranched alkanes of at least 4 members (excludes halogenated alkanes) is 4. The first kappa shape index (κ1) is 32.4. The van der Waals surface area contributed by atoms with Gasteiger partial charge in [0.1, 0.15) is 11.5 Å². The van der Waals surface area contributed by atoms with Gasteiger partial charge in [0.15, 0.2) is 0 Å². The Balaban J connectivity index is 1.66. The van der Waals surface area contributed by atoms with Crippen LogP contribution in [0.1, 0.15) is 38.5 Å². The lowest BCUT2D eigenvalue weighted by molar-refractivity contribution is 0.122. The molecule has 0 aliphatic rings. The second-order valence-corrected chi connectivity index (χ2v) is 15.1. The van der Waals surface area contributed by atoms with Crippen molar-refractivity contribution < 1.29 is 36.0 Å². The normalized spacial score (nSPS) is 12.1. The molecule has 0 radical (unpaired) electrons. The van der Waals surface area contributed by atoms with Crippen LogP contribution < -0.4 is 9.47 Å². The molecule has 8 nitrogen and oxygen atoms in total. The van der Waals surface area contributed by atoms with Crippen LogP contribution in [0.5, 0.6) is 11.5 Å². The van der Waals surface area contributed by atoms with Crippen molar-refractivity contribution in [3.8, 4) is 22.6 Å². The Morgan fingerprint density at radius 2 is 0.737 bits per heavy atom. The third-order valence-electron chi connectivity index (χ3n) is 6.70. The minimum atomic E-state index is -2.46. The molecule has 214 valence electrons. The van der Waals surface area contributed by atoms with E-state index in [1.54, 1.807) is 42.7 Å². The van der Waals surface area contributed by atoms with Crippen molar-refractivity contribution in [2.75, 3.05) is 55.9 Å². The molecule has 0 N–H and O–H groups in total. The Labute approximate surface area is 231 Å². The zero-order valence-corrected chi connectivity index (χ0v) is 26.0. The summed E-state index contributed by atoms with van der Waals surface area (Å²) in [5.41, 5.74) is 2.29. The van der Waals surface area contributed by atoms with Crippen molar-refractivity contribution in [1.29, 1.82) is 0 Å². The number of rotatable bonds is 21. The highest BCUT2D eigenvalue weighted by molar-refractivity contribution is 6.60.